The highest BCUT2D eigenvalue weighted by atomic mass is 32.2. The zero-order valence-electron chi connectivity index (χ0n) is 11.5. The Hall–Kier alpha value is -1.19. The molecule has 0 bridgehead atoms. The molecule has 1 heterocycles. The molecule has 1 aliphatic heterocycles. The van der Waals surface area contributed by atoms with Gasteiger partial charge in [0.05, 0.1) is 12.9 Å². The third-order valence-electron chi connectivity index (χ3n) is 3.24. The van der Waals surface area contributed by atoms with Gasteiger partial charge < -0.3 is 15.2 Å². The first-order valence-corrected chi connectivity index (χ1v) is 8.07. The summed E-state index contributed by atoms with van der Waals surface area (Å²) in [6.45, 7) is 0.446. The molecule has 20 heavy (non-hydrogen) atoms. The molecular weight excluding hydrogens is 288 g/mol. The van der Waals surface area contributed by atoms with Crippen molar-refractivity contribution in [3.63, 3.8) is 0 Å². The minimum Gasteiger partial charge on any atom is -0.480 e. The number of sulfonamides is 1. The Morgan fingerprint density at radius 1 is 1.40 bits per heavy atom. The van der Waals surface area contributed by atoms with Gasteiger partial charge in [-0.05, 0) is 12.8 Å². The molecule has 0 saturated carbocycles. The number of piperidine rings is 1. The summed E-state index contributed by atoms with van der Waals surface area (Å²) < 4.78 is 28.7. The van der Waals surface area contributed by atoms with Crippen LogP contribution in [0, 0.1) is 5.92 Å². The summed E-state index contributed by atoms with van der Waals surface area (Å²) in [5.74, 6) is -1.90. The van der Waals surface area contributed by atoms with Crippen molar-refractivity contribution in [3.8, 4) is 0 Å². The van der Waals surface area contributed by atoms with Crippen LogP contribution in [-0.4, -0.2) is 68.8 Å². The molecule has 116 valence electrons. The fourth-order valence-corrected chi connectivity index (χ4v) is 2.95. The number of amides is 1. The number of methoxy groups -OCH3 is 1. The second kappa shape index (κ2) is 7.00. The van der Waals surface area contributed by atoms with Crippen molar-refractivity contribution >= 4 is 21.9 Å². The van der Waals surface area contributed by atoms with E-state index in [1.54, 1.807) is 0 Å². The standard InChI is InChI=1S/C11H20N2O6S/c1-19-7-9(11(15)16)12-10(14)8-3-5-13(6-4-8)20(2,17)18/h8-9H,3-7H2,1-2H3,(H,12,14)(H,15,16). The van der Waals surface area contributed by atoms with E-state index >= 15 is 0 Å². The molecule has 1 atom stereocenters. The van der Waals surface area contributed by atoms with Gasteiger partial charge in [0.2, 0.25) is 15.9 Å². The summed E-state index contributed by atoms with van der Waals surface area (Å²) >= 11 is 0. The highest BCUT2D eigenvalue weighted by Crippen LogP contribution is 2.19. The van der Waals surface area contributed by atoms with E-state index in [1.165, 1.54) is 11.4 Å². The molecule has 0 aromatic carbocycles. The van der Waals surface area contributed by atoms with Gasteiger partial charge in [-0.1, -0.05) is 0 Å². The molecule has 1 saturated heterocycles. The average molecular weight is 308 g/mol. The Morgan fingerprint density at radius 3 is 2.35 bits per heavy atom. The minimum absolute atomic E-state index is 0.108. The third-order valence-corrected chi connectivity index (χ3v) is 4.54. The smallest absolute Gasteiger partial charge is 0.328 e. The molecule has 0 radical (unpaired) electrons. The quantitative estimate of drug-likeness (QED) is 0.642. The van der Waals surface area contributed by atoms with E-state index < -0.39 is 22.0 Å². The zero-order chi connectivity index (χ0) is 15.3. The number of rotatable bonds is 6. The summed E-state index contributed by atoms with van der Waals surface area (Å²) in [6.07, 6.45) is 1.91. The van der Waals surface area contributed by atoms with Crippen LogP contribution in [0.15, 0.2) is 0 Å². The van der Waals surface area contributed by atoms with Crippen LogP contribution >= 0.6 is 0 Å². The van der Waals surface area contributed by atoms with Crippen LogP contribution < -0.4 is 5.32 Å². The number of ether oxygens (including phenoxy) is 1. The molecule has 1 aliphatic rings. The Labute approximate surface area is 118 Å². The molecule has 1 rings (SSSR count). The predicted molar refractivity (Wildman–Crippen MR) is 70.6 cm³/mol. The first-order valence-electron chi connectivity index (χ1n) is 6.23. The van der Waals surface area contributed by atoms with Crippen molar-refractivity contribution < 1.29 is 27.9 Å². The van der Waals surface area contributed by atoms with Crippen molar-refractivity contribution in [1.82, 2.24) is 9.62 Å². The number of aliphatic carboxylic acids is 1. The number of nitrogens with zero attached hydrogens (tertiary/aromatic N) is 1. The molecule has 0 aromatic heterocycles. The number of hydrogen-bond donors (Lipinski definition) is 2. The lowest BCUT2D eigenvalue weighted by molar-refractivity contribution is -0.144. The maximum atomic E-state index is 11.9. The molecular formula is C11H20N2O6S. The third kappa shape index (κ3) is 4.73. The maximum absolute atomic E-state index is 11.9. The molecule has 0 aromatic rings. The normalized spacial score (nSPS) is 19.5. The second-order valence-electron chi connectivity index (χ2n) is 4.79. The van der Waals surface area contributed by atoms with E-state index in [0.717, 1.165) is 6.26 Å². The van der Waals surface area contributed by atoms with Crippen LogP contribution in [0.4, 0.5) is 0 Å². The number of hydrogen-bond acceptors (Lipinski definition) is 5. The highest BCUT2D eigenvalue weighted by Gasteiger charge is 2.31. The van der Waals surface area contributed by atoms with Crippen molar-refractivity contribution in [2.75, 3.05) is 33.1 Å². The number of carboxylic acid groups (broad SMARTS) is 1. The summed E-state index contributed by atoms with van der Waals surface area (Å²) in [6, 6.07) is -1.08. The fraction of sp³-hybridized carbons (Fsp3) is 0.818. The van der Waals surface area contributed by atoms with Crippen molar-refractivity contribution in [3.05, 3.63) is 0 Å². The molecule has 0 spiro atoms. The van der Waals surface area contributed by atoms with E-state index in [2.05, 4.69) is 5.32 Å². The minimum atomic E-state index is -3.23. The molecule has 9 heteroatoms. The summed E-state index contributed by atoms with van der Waals surface area (Å²) in [5, 5.41) is 11.3. The summed E-state index contributed by atoms with van der Waals surface area (Å²) in [4.78, 5) is 22.9. The van der Waals surface area contributed by atoms with Crippen LogP contribution in [0.3, 0.4) is 0 Å². The molecule has 8 nitrogen and oxygen atoms in total. The van der Waals surface area contributed by atoms with Crippen molar-refractivity contribution in [2.45, 2.75) is 18.9 Å². The molecule has 1 unspecified atom stereocenters. The molecule has 1 amide bonds. The van der Waals surface area contributed by atoms with Crippen molar-refractivity contribution in [2.24, 2.45) is 5.92 Å². The van der Waals surface area contributed by atoms with Gasteiger partial charge >= 0.3 is 5.97 Å². The van der Waals surface area contributed by atoms with Gasteiger partial charge in [-0.25, -0.2) is 17.5 Å². The lowest BCUT2D eigenvalue weighted by Crippen LogP contribution is -2.48. The van der Waals surface area contributed by atoms with Gasteiger partial charge in [-0.2, -0.15) is 0 Å². The average Bonchev–Trinajstić information content (AvgIpc) is 2.37. The molecule has 0 aliphatic carbocycles. The van der Waals surface area contributed by atoms with Gasteiger partial charge in [-0.15, -0.1) is 0 Å². The van der Waals surface area contributed by atoms with Crippen LogP contribution in [0.25, 0.3) is 0 Å². The van der Waals surface area contributed by atoms with Crippen LogP contribution in [0.1, 0.15) is 12.8 Å². The van der Waals surface area contributed by atoms with Gasteiger partial charge in [0.1, 0.15) is 0 Å². The van der Waals surface area contributed by atoms with Crippen LogP contribution in [0.5, 0.6) is 0 Å². The Bertz CT molecular complexity index is 456. The first-order chi connectivity index (χ1) is 9.25. The predicted octanol–water partition coefficient (Wildman–Crippen LogP) is -1.13. The topological polar surface area (TPSA) is 113 Å². The molecule has 2 N–H and O–H groups in total. The largest absolute Gasteiger partial charge is 0.480 e. The number of nitrogens with one attached hydrogen (secondary N) is 1. The summed E-state index contributed by atoms with van der Waals surface area (Å²) in [5.41, 5.74) is 0. The Kier molecular flexibility index (Phi) is 5.90. The number of carbonyl (C=O) groups excluding carboxylic acids is 1. The van der Waals surface area contributed by atoms with Crippen LogP contribution in [0.2, 0.25) is 0 Å². The monoisotopic (exact) mass is 308 g/mol. The maximum Gasteiger partial charge on any atom is 0.328 e. The van der Waals surface area contributed by atoms with E-state index in [4.69, 9.17) is 9.84 Å². The van der Waals surface area contributed by atoms with E-state index in [9.17, 15) is 18.0 Å². The van der Waals surface area contributed by atoms with E-state index in [-0.39, 0.29) is 31.5 Å². The van der Waals surface area contributed by atoms with Gasteiger partial charge in [0.15, 0.2) is 6.04 Å². The molecule has 1 fully saturated rings. The summed E-state index contributed by atoms with van der Waals surface area (Å²) in [7, 11) is -1.88. The van der Waals surface area contributed by atoms with Crippen molar-refractivity contribution in [1.29, 1.82) is 0 Å². The SMILES string of the molecule is COCC(NC(=O)C1CCN(S(C)(=O)=O)CC1)C(=O)O. The van der Waals surface area contributed by atoms with E-state index in [0.29, 0.717) is 12.8 Å². The number of carboxylic acids is 1. The number of carbonyl (C=O) groups is 2. The highest BCUT2D eigenvalue weighted by molar-refractivity contribution is 7.88. The fourth-order valence-electron chi connectivity index (χ4n) is 2.08. The Morgan fingerprint density at radius 2 is 1.95 bits per heavy atom. The lowest BCUT2D eigenvalue weighted by Gasteiger charge is -2.30. The first kappa shape index (κ1) is 16.9. The lowest BCUT2D eigenvalue weighted by atomic mass is 9.97. The van der Waals surface area contributed by atoms with Gasteiger partial charge in [0, 0.05) is 26.1 Å². The second-order valence-corrected chi connectivity index (χ2v) is 6.77. The van der Waals surface area contributed by atoms with E-state index in [1.807, 2.05) is 0 Å². The zero-order valence-corrected chi connectivity index (χ0v) is 12.4. The van der Waals surface area contributed by atoms with Gasteiger partial charge in [0.25, 0.3) is 0 Å². The van der Waals surface area contributed by atoms with Crippen LogP contribution in [-0.2, 0) is 24.3 Å². The van der Waals surface area contributed by atoms with Gasteiger partial charge in [-0.3, -0.25) is 4.79 Å². The Balaban J connectivity index is 2.52.